The quantitative estimate of drug-likeness (QED) is 0.597. The minimum atomic E-state index is -1.24. The van der Waals surface area contributed by atoms with Gasteiger partial charge in [0.05, 0.1) is 0 Å². The average molecular weight is 174 g/mol. The Morgan fingerprint density at radius 3 is 1.45 bits per heavy atom. The van der Waals surface area contributed by atoms with Crippen LogP contribution in [0.3, 0.4) is 0 Å². The monoisotopic (exact) mass is 174 g/mol. The first-order valence-corrected chi connectivity index (χ1v) is 7.28. The van der Waals surface area contributed by atoms with Crippen molar-refractivity contribution in [2.45, 2.75) is 26.9 Å². The molecule has 0 aliphatic heterocycles. The summed E-state index contributed by atoms with van der Waals surface area (Å²) in [7, 11) is 3.13. The summed E-state index contributed by atoms with van der Waals surface area (Å²) in [5.74, 6) is 0. The predicted molar refractivity (Wildman–Crippen MR) is 54.1 cm³/mol. The van der Waals surface area contributed by atoms with E-state index >= 15 is 0 Å². The van der Waals surface area contributed by atoms with E-state index in [-0.39, 0.29) is 0 Å². The van der Waals surface area contributed by atoms with Crippen LogP contribution >= 0.6 is 0 Å². The molecule has 0 spiro atoms. The fourth-order valence-electron chi connectivity index (χ4n) is 1.28. The molecule has 0 heterocycles. The Morgan fingerprint density at radius 1 is 1.00 bits per heavy atom. The summed E-state index contributed by atoms with van der Waals surface area (Å²) in [6.07, 6.45) is 0. The third kappa shape index (κ3) is 2.58. The molecular weight excluding hydrogens is 152 g/mol. The maximum Gasteiger partial charge on any atom is 0.199 e. The molecule has 0 aliphatic carbocycles. The Hall–Kier alpha value is 0.137. The summed E-state index contributed by atoms with van der Waals surface area (Å²) < 4.78 is 4.97. The van der Waals surface area contributed by atoms with E-state index in [4.69, 9.17) is 0 Å². The van der Waals surface area contributed by atoms with Crippen molar-refractivity contribution in [3.05, 3.63) is 0 Å². The van der Waals surface area contributed by atoms with Crippen molar-refractivity contribution in [2.75, 3.05) is 27.2 Å². The fourth-order valence-corrected chi connectivity index (χ4v) is 3.39. The maximum absolute atomic E-state index is 2.58. The highest BCUT2D eigenvalue weighted by Crippen LogP contribution is 2.10. The van der Waals surface area contributed by atoms with Gasteiger partial charge < -0.3 is 9.13 Å². The lowest BCUT2D eigenvalue weighted by atomic mass is 10.7. The molecule has 11 heavy (non-hydrogen) atoms. The Kier molecular flexibility index (Phi) is 4.29. The predicted octanol–water partition coefficient (Wildman–Crippen LogP) is 1.59. The van der Waals surface area contributed by atoms with Gasteiger partial charge >= 0.3 is 0 Å². The fraction of sp³-hybridized carbons (Fsp3) is 1.00. The minimum Gasteiger partial charge on any atom is -0.317 e. The highest BCUT2D eigenvalue weighted by molar-refractivity contribution is 6.71. The van der Waals surface area contributed by atoms with Gasteiger partial charge in [0, 0.05) is 0 Å². The van der Waals surface area contributed by atoms with Crippen LogP contribution in [0.1, 0.15) is 13.8 Å². The van der Waals surface area contributed by atoms with E-state index in [0.29, 0.717) is 0 Å². The van der Waals surface area contributed by atoms with Crippen LogP contribution in [0.25, 0.3) is 0 Å². The SMILES string of the molecule is CCN(CC)[Si](C)(C)N(C)C. The van der Waals surface area contributed by atoms with Gasteiger partial charge in [-0.15, -0.1) is 0 Å². The molecule has 0 unspecified atom stereocenters. The first kappa shape index (κ1) is 11.1. The van der Waals surface area contributed by atoms with Gasteiger partial charge in [-0.2, -0.15) is 0 Å². The van der Waals surface area contributed by atoms with Gasteiger partial charge in [0.1, 0.15) is 0 Å². The molecule has 0 saturated carbocycles. The summed E-state index contributed by atoms with van der Waals surface area (Å²) in [5, 5.41) is 0. The van der Waals surface area contributed by atoms with Gasteiger partial charge in [0.15, 0.2) is 8.40 Å². The number of hydrogen-bond donors (Lipinski definition) is 0. The summed E-state index contributed by atoms with van der Waals surface area (Å²) >= 11 is 0. The second-order valence-corrected chi connectivity index (χ2v) is 8.08. The average Bonchev–Trinajstić information content (AvgIpc) is 1.89. The van der Waals surface area contributed by atoms with Crippen LogP contribution in [0.15, 0.2) is 0 Å². The maximum atomic E-state index is 2.58. The molecule has 0 aromatic rings. The summed E-state index contributed by atoms with van der Waals surface area (Å²) in [5.41, 5.74) is 0. The van der Waals surface area contributed by atoms with Crippen LogP contribution in [0.2, 0.25) is 13.1 Å². The van der Waals surface area contributed by atoms with E-state index in [1.165, 1.54) is 13.1 Å². The molecule has 0 aliphatic rings. The first-order valence-electron chi connectivity index (χ1n) is 4.39. The second-order valence-electron chi connectivity index (χ2n) is 3.56. The van der Waals surface area contributed by atoms with Crippen LogP contribution in [-0.4, -0.2) is 44.7 Å². The van der Waals surface area contributed by atoms with E-state index in [1.807, 2.05) is 0 Å². The molecule has 0 radical (unpaired) electrons. The van der Waals surface area contributed by atoms with E-state index in [1.54, 1.807) is 0 Å². The molecule has 3 heteroatoms. The molecule has 0 amide bonds. The molecule has 0 aromatic carbocycles. The highest BCUT2D eigenvalue weighted by Gasteiger charge is 2.29. The van der Waals surface area contributed by atoms with Crippen molar-refractivity contribution >= 4 is 8.40 Å². The number of hydrogen-bond acceptors (Lipinski definition) is 2. The lowest BCUT2D eigenvalue weighted by Gasteiger charge is -2.40. The van der Waals surface area contributed by atoms with Gasteiger partial charge in [-0.25, -0.2) is 0 Å². The molecule has 68 valence electrons. The normalized spacial score (nSPS) is 13.1. The molecule has 0 aromatic heterocycles. The van der Waals surface area contributed by atoms with Crippen LogP contribution in [0.5, 0.6) is 0 Å². The molecule has 2 nitrogen and oxygen atoms in total. The summed E-state index contributed by atoms with van der Waals surface area (Å²) in [4.78, 5) is 0. The van der Waals surface area contributed by atoms with Crippen molar-refractivity contribution in [3.63, 3.8) is 0 Å². The molecule has 0 N–H and O–H groups in total. The summed E-state index contributed by atoms with van der Waals surface area (Å²) in [6.45, 7) is 11.6. The van der Waals surface area contributed by atoms with Crippen molar-refractivity contribution in [2.24, 2.45) is 0 Å². The lowest BCUT2D eigenvalue weighted by Crippen LogP contribution is -2.58. The van der Waals surface area contributed by atoms with Crippen molar-refractivity contribution < 1.29 is 0 Å². The lowest BCUT2D eigenvalue weighted by molar-refractivity contribution is 0.407. The van der Waals surface area contributed by atoms with E-state index in [9.17, 15) is 0 Å². The van der Waals surface area contributed by atoms with Crippen LogP contribution in [0, 0.1) is 0 Å². The van der Waals surface area contributed by atoms with Gasteiger partial charge in [-0.1, -0.05) is 13.8 Å². The minimum absolute atomic E-state index is 1.17. The van der Waals surface area contributed by atoms with Gasteiger partial charge in [-0.05, 0) is 40.3 Å². The van der Waals surface area contributed by atoms with Crippen LogP contribution in [0.4, 0.5) is 0 Å². The standard InChI is InChI=1S/C8H22N2Si/c1-7-10(8-2)11(5,6)9(3)4/h7-8H2,1-6H3. The Morgan fingerprint density at radius 2 is 1.36 bits per heavy atom. The van der Waals surface area contributed by atoms with Crippen molar-refractivity contribution in [1.82, 2.24) is 9.13 Å². The zero-order chi connectivity index (χ0) is 9.07. The van der Waals surface area contributed by atoms with Gasteiger partial charge in [0.2, 0.25) is 0 Å². The molecule has 0 rings (SSSR count). The second kappa shape index (κ2) is 4.23. The molecular formula is C8H22N2Si. The van der Waals surface area contributed by atoms with E-state index in [0.717, 1.165) is 0 Å². The van der Waals surface area contributed by atoms with E-state index in [2.05, 4.69) is 50.2 Å². The summed E-state index contributed by atoms with van der Waals surface area (Å²) in [6, 6.07) is 0. The zero-order valence-electron chi connectivity index (χ0n) is 8.81. The zero-order valence-corrected chi connectivity index (χ0v) is 9.81. The highest BCUT2D eigenvalue weighted by atomic mass is 28.3. The molecule has 0 atom stereocenters. The Bertz CT molecular complexity index is 109. The Labute approximate surface area is 72.4 Å². The largest absolute Gasteiger partial charge is 0.317 e. The van der Waals surface area contributed by atoms with Crippen molar-refractivity contribution in [1.29, 1.82) is 0 Å². The van der Waals surface area contributed by atoms with Crippen molar-refractivity contribution in [3.8, 4) is 0 Å². The van der Waals surface area contributed by atoms with Crippen LogP contribution < -0.4 is 0 Å². The Balaban J connectivity index is 4.24. The third-order valence-electron chi connectivity index (χ3n) is 2.63. The molecule has 0 saturated heterocycles. The third-order valence-corrected chi connectivity index (χ3v) is 7.00. The number of rotatable bonds is 4. The number of nitrogens with zero attached hydrogens (tertiary/aromatic N) is 2. The smallest absolute Gasteiger partial charge is 0.199 e. The van der Waals surface area contributed by atoms with Gasteiger partial charge in [-0.3, -0.25) is 0 Å². The molecule has 0 bridgehead atoms. The van der Waals surface area contributed by atoms with Gasteiger partial charge in [0.25, 0.3) is 0 Å². The first-order chi connectivity index (χ1) is 4.96. The topological polar surface area (TPSA) is 6.48 Å². The van der Waals surface area contributed by atoms with E-state index < -0.39 is 8.40 Å². The molecule has 0 fully saturated rings. The van der Waals surface area contributed by atoms with Crippen LogP contribution in [-0.2, 0) is 0 Å².